The number of aliphatic carboxylic acids is 1. The number of carbonyl (C=O) groups excluding carboxylic acids is 2. The van der Waals surface area contributed by atoms with Gasteiger partial charge in [0.2, 0.25) is 0 Å². The molecule has 136 valence electrons. The number of benzene rings is 1. The summed E-state index contributed by atoms with van der Waals surface area (Å²) in [6.07, 6.45) is 0.578. The van der Waals surface area contributed by atoms with E-state index in [1.807, 2.05) is 24.3 Å². The molecule has 0 aliphatic carbocycles. The average molecular weight is 349 g/mol. The van der Waals surface area contributed by atoms with Gasteiger partial charge in [0.1, 0.15) is 5.75 Å². The molecule has 0 bridgehead atoms. The number of carboxylic acids is 1. The highest BCUT2D eigenvalue weighted by Crippen LogP contribution is 2.31. The second-order valence-corrected chi connectivity index (χ2v) is 6.01. The summed E-state index contributed by atoms with van der Waals surface area (Å²) in [5, 5.41) is 11.6. The Morgan fingerprint density at radius 1 is 1.40 bits per heavy atom. The molecule has 0 spiro atoms. The standard InChI is InChI=1S/C17H23N3O5/c1-12(16(22)23)10-19(2)17(24)18-8-5-9-20-13-6-3-4-7-14(13)25-11-15(20)21/h3-4,6-7,12H,5,8-11H2,1-2H3,(H,18,24)(H,22,23). The van der Waals surface area contributed by atoms with E-state index in [4.69, 9.17) is 9.84 Å². The van der Waals surface area contributed by atoms with Gasteiger partial charge in [-0.05, 0) is 18.6 Å². The molecule has 0 aromatic heterocycles. The van der Waals surface area contributed by atoms with Gasteiger partial charge in [-0.25, -0.2) is 4.79 Å². The zero-order chi connectivity index (χ0) is 18.4. The topological polar surface area (TPSA) is 99.2 Å². The minimum Gasteiger partial charge on any atom is -0.482 e. The molecule has 1 heterocycles. The van der Waals surface area contributed by atoms with Crippen LogP contribution in [0.4, 0.5) is 10.5 Å². The number of carboxylic acid groups (broad SMARTS) is 1. The highest BCUT2D eigenvalue weighted by molar-refractivity contribution is 5.97. The largest absolute Gasteiger partial charge is 0.482 e. The predicted molar refractivity (Wildman–Crippen MR) is 91.7 cm³/mol. The van der Waals surface area contributed by atoms with Gasteiger partial charge in [0.05, 0.1) is 11.6 Å². The molecule has 0 saturated heterocycles. The third-order valence-corrected chi connectivity index (χ3v) is 3.96. The minimum atomic E-state index is -0.941. The summed E-state index contributed by atoms with van der Waals surface area (Å²) in [5.74, 6) is -1.01. The van der Waals surface area contributed by atoms with Crippen molar-refractivity contribution in [2.45, 2.75) is 13.3 Å². The number of nitrogens with zero attached hydrogens (tertiary/aromatic N) is 2. The van der Waals surface area contributed by atoms with Crippen LogP contribution in [0.5, 0.6) is 5.75 Å². The molecule has 1 aliphatic heterocycles. The van der Waals surface area contributed by atoms with Gasteiger partial charge >= 0.3 is 12.0 Å². The predicted octanol–water partition coefficient (Wildman–Crippen LogP) is 1.16. The quantitative estimate of drug-likeness (QED) is 0.720. The van der Waals surface area contributed by atoms with E-state index in [-0.39, 0.29) is 25.1 Å². The molecule has 0 saturated carbocycles. The summed E-state index contributed by atoms with van der Waals surface area (Å²) < 4.78 is 5.38. The van der Waals surface area contributed by atoms with Crippen LogP contribution in [0, 0.1) is 5.92 Å². The van der Waals surface area contributed by atoms with Crippen LogP contribution in [0.2, 0.25) is 0 Å². The Balaban J connectivity index is 1.78. The fourth-order valence-corrected chi connectivity index (χ4v) is 2.54. The van der Waals surface area contributed by atoms with E-state index >= 15 is 0 Å². The Labute approximate surface area is 146 Å². The van der Waals surface area contributed by atoms with Gasteiger partial charge < -0.3 is 25.0 Å². The van der Waals surface area contributed by atoms with E-state index in [0.29, 0.717) is 25.3 Å². The lowest BCUT2D eigenvalue weighted by molar-refractivity contribution is -0.141. The Kier molecular flexibility index (Phi) is 6.21. The van der Waals surface area contributed by atoms with Crippen LogP contribution in [0.1, 0.15) is 13.3 Å². The maximum Gasteiger partial charge on any atom is 0.317 e. The van der Waals surface area contributed by atoms with E-state index < -0.39 is 11.9 Å². The smallest absolute Gasteiger partial charge is 0.317 e. The van der Waals surface area contributed by atoms with E-state index in [9.17, 15) is 14.4 Å². The first-order valence-electron chi connectivity index (χ1n) is 8.14. The molecule has 3 amide bonds. The number of fused-ring (bicyclic) bond motifs is 1. The monoisotopic (exact) mass is 349 g/mol. The molecule has 8 nitrogen and oxygen atoms in total. The van der Waals surface area contributed by atoms with Gasteiger partial charge in [0.25, 0.3) is 5.91 Å². The van der Waals surface area contributed by atoms with Crippen LogP contribution in [-0.2, 0) is 9.59 Å². The van der Waals surface area contributed by atoms with Crippen molar-refractivity contribution in [3.63, 3.8) is 0 Å². The second-order valence-electron chi connectivity index (χ2n) is 6.01. The molecule has 1 aromatic rings. The molecular weight excluding hydrogens is 326 g/mol. The molecule has 2 N–H and O–H groups in total. The summed E-state index contributed by atoms with van der Waals surface area (Å²) in [6, 6.07) is 7.00. The summed E-state index contributed by atoms with van der Waals surface area (Å²) in [5.41, 5.74) is 0.734. The number of urea groups is 1. The maximum absolute atomic E-state index is 12.0. The van der Waals surface area contributed by atoms with E-state index in [2.05, 4.69) is 5.32 Å². The molecule has 0 fully saturated rings. The first kappa shape index (κ1) is 18.6. The van der Waals surface area contributed by atoms with Crippen LogP contribution in [0.15, 0.2) is 24.3 Å². The van der Waals surface area contributed by atoms with Gasteiger partial charge in [0, 0.05) is 26.7 Å². The van der Waals surface area contributed by atoms with Gasteiger partial charge in [-0.3, -0.25) is 9.59 Å². The van der Waals surface area contributed by atoms with Crippen molar-refractivity contribution < 1.29 is 24.2 Å². The van der Waals surface area contributed by atoms with Crippen molar-refractivity contribution in [2.75, 3.05) is 38.2 Å². The molecule has 1 atom stereocenters. The molecule has 8 heteroatoms. The molecule has 2 rings (SSSR count). The number of carbonyl (C=O) groups is 3. The van der Waals surface area contributed by atoms with Crippen LogP contribution in [0.25, 0.3) is 0 Å². The average Bonchev–Trinajstić information content (AvgIpc) is 2.59. The molecule has 1 aromatic carbocycles. The number of anilines is 1. The normalized spacial score (nSPS) is 14.3. The maximum atomic E-state index is 12.0. The first-order valence-corrected chi connectivity index (χ1v) is 8.14. The lowest BCUT2D eigenvalue weighted by Gasteiger charge is -2.29. The van der Waals surface area contributed by atoms with Gasteiger partial charge in [-0.2, -0.15) is 0 Å². The number of ether oxygens (including phenoxy) is 1. The third kappa shape index (κ3) is 4.85. The minimum absolute atomic E-state index is 0.0131. The SMILES string of the molecule is CC(CN(C)C(=O)NCCCN1C(=O)COc2ccccc21)C(=O)O. The molecule has 0 radical (unpaired) electrons. The lowest BCUT2D eigenvalue weighted by Crippen LogP contribution is -2.43. The van der Waals surface area contributed by atoms with Crippen molar-refractivity contribution in [2.24, 2.45) is 5.92 Å². The van der Waals surface area contributed by atoms with Crippen molar-refractivity contribution in [1.82, 2.24) is 10.2 Å². The van der Waals surface area contributed by atoms with Gasteiger partial charge in [-0.1, -0.05) is 19.1 Å². The number of amides is 3. The zero-order valence-corrected chi connectivity index (χ0v) is 14.4. The van der Waals surface area contributed by atoms with Crippen LogP contribution in [-0.4, -0.2) is 61.2 Å². The summed E-state index contributed by atoms with van der Waals surface area (Å²) in [7, 11) is 1.55. The highest BCUT2D eigenvalue weighted by atomic mass is 16.5. The number of hydrogen-bond donors (Lipinski definition) is 2. The molecule has 25 heavy (non-hydrogen) atoms. The fraction of sp³-hybridized carbons (Fsp3) is 0.471. The number of nitrogens with one attached hydrogen (secondary N) is 1. The Bertz CT molecular complexity index is 649. The van der Waals surface area contributed by atoms with Crippen molar-refractivity contribution in [3.8, 4) is 5.75 Å². The Morgan fingerprint density at radius 3 is 2.84 bits per heavy atom. The van der Waals surface area contributed by atoms with Crippen LogP contribution >= 0.6 is 0 Å². The van der Waals surface area contributed by atoms with E-state index in [0.717, 1.165) is 5.69 Å². The van der Waals surface area contributed by atoms with Gasteiger partial charge in [0.15, 0.2) is 6.61 Å². The first-order chi connectivity index (χ1) is 11.9. The van der Waals surface area contributed by atoms with Gasteiger partial charge in [-0.15, -0.1) is 0 Å². The fourth-order valence-electron chi connectivity index (χ4n) is 2.54. The van der Waals surface area contributed by atoms with Crippen LogP contribution < -0.4 is 15.0 Å². The molecule has 1 aliphatic rings. The summed E-state index contributed by atoms with van der Waals surface area (Å²) >= 11 is 0. The second kappa shape index (κ2) is 8.36. The molecular formula is C17H23N3O5. The Morgan fingerprint density at radius 2 is 2.12 bits per heavy atom. The Hall–Kier alpha value is -2.77. The summed E-state index contributed by atoms with van der Waals surface area (Å²) in [6.45, 7) is 2.55. The lowest BCUT2D eigenvalue weighted by atomic mass is 10.2. The number of para-hydroxylation sites is 2. The summed E-state index contributed by atoms with van der Waals surface area (Å²) in [4.78, 5) is 37.8. The third-order valence-electron chi connectivity index (χ3n) is 3.96. The van der Waals surface area contributed by atoms with Crippen LogP contribution in [0.3, 0.4) is 0 Å². The molecule has 1 unspecified atom stereocenters. The van der Waals surface area contributed by atoms with Crippen molar-refractivity contribution in [1.29, 1.82) is 0 Å². The number of rotatable bonds is 7. The zero-order valence-electron chi connectivity index (χ0n) is 14.4. The van der Waals surface area contributed by atoms with Crippen molar-refractivity contribution in [3.05, 3.63) is 24.3 Å². The van der Waals surface area contributed by atoms with Crippen molar-refractivity contribution >= 4 is 23.6 Å². The number of hydrogen-bond acceptors (Lipinski definition) is 4. The van der Waals surface area contributed by atoms with E-state index in [1.54, 1.807) is 18.9 Å². The highest BCUT2D eigenvalue weighted by Gasteiger charge is 2.24. The van der Waals surface area contributed by atoms with E-state index in [1.165, 1.54) is 4.90 Å².